The molecule has 1 amide bonds. The van der Waals surface area contributed by atoms with Crippen LogP contribution in [0.15, 0.2) is 24.3 Å². The molecule has 2 fully saturated rings. The first-order valence-corrected chi connectivity index (χ1v) is 8.25. The summed E-state index contributed by atoms with van der Waals surface area (Å²) in [6, 6.07) is 8.43. The third-order valence-corrected chi connectivity index (χ3v) is 5.01. The van der Waals surface area contributed by atoms with Crippen molar-refractivity contribution in [3.05, 3.63) is 24.3 Å². The Balaban J connectivity index is 1.68. The molecule has 0 aliphatic carbocycles. The van der Waals surface area contributed by atoms with Crippen LogP contribution in [0.1, 0.15) is 6.42 Å². The van der Waals surface area contributed by atoms with Crippen LogP contribution in [0.2, 0.25) is 0 Å². The Morgan fingerprint density at radius 2 is 1.71 bits per heavy atom. The molecule has 1 unspecified atom stereocenters. The van der Waals surface area contributed by atoms with Gasteiger partial charge in [-0.1, -0.05) is 0 Å². The molecule has 5 heteroatoms. The summed E-state index contributed by atoms with van der Waals surface area (Å²) in [6.45, 7) is 5.16. The first kappa shape index (κ1) is 14.7. The highest BCUT2D eigenvalue weighted by molar-refractivity contribution is 7.80. The van der Waals surface area contributed by atoms with Gasteiger partial charge in [0.1, 0.15) is 0 Å². The number of nitrogens with zero attached hydrogens (tertiary/aromatic N) is 3. The number of anilines is 2. The van der Waals surface area contributed by atoms with Crippen LogP contribution in [0.3, 0.4) is 0 Å². The average molecular weight is 305 g/mol. The van der Waals surface area contributed by atoms with E-state index >= 15 is 0 Å². The lowest BCUT2D eigenvalue weighted by molar-refractivity contribution is -0.117. The van der Waals surface area contributed by atoms with E-state index < -0.39 is 0 Å². The summed E-state index contributed by atoms with van der Waals surface area (Å²) in [5.74, 6) is 1.39. The molecule has 2 aliphatic rings. The molecular formula is C16H23N3OS. The summed E-state index contributed by atoms with van der Waals surface area (Å²) < 4.78 is 0. The van der Waals surface area contributed by atoms with Crippen molar-refractivity contribution in [1.29, 1.82) is 0 Å². The number of amides is 1. The molecule has 2 heterocycles. The van der Waals surface area contributed by atoms with E-state index in [4.69, 9.17) is 0 Å². The predicted octanol–water partition coefficient (Wildman–Crippen LogP) is 1.72. The van der Waals surface area contributed by atoms with Crippen molar-refractivity contribution in [3.63, 3.8) is 0 Å². The normalized spacial score (nSPS) is 23.9. The van der Waals surface area contributed by atoms with E-state index in [9.17, 15) is 4.79 Å². The maximum Gasteiger partial charge on any atom is 0.227 e. The SMILES string of the molecule is CN1CCN(c2ccc(N3CC(CS)CC3=O)cc2)CC1. The van der Waals surface area contributed by atoms with Gasteiger partial charge in [-0.2, -0.15) is 12.6 Å². The zero-order valence-corrected chi connectivity index (χ0v) is 13.4. The van der Waals surface area contributed by atoms with E-state index in [2.05, 4.69) is 53.7 Å². The highest BCUT2D eigenvalue weighted by Crippen LogP contribution is 2.27. The van der Waals surface area contributed by atoms with Crippen molar-refractivity contribution in [2.75, 3.05) is 55.3 Å². The number of hydrogen-bond acceptors (Lipinski definition) is 4. The van der Waals surface area contributed by atoms with Gasteiger partial charge in [0.15, 0.2) is 0 Å². The second-order valence-electron chi connectivity index (χ2n) is 6.06. The van der Waals surface area contributed by atoms with Crippen LogP contribution in [0, 0.1) is 5.92 Å². The fraction of sp³-hybridized carbons (Fsp3) is 0.562. The summed E-state index contributed by atoms with van der Waals surface area (Å²) in [6.07, 6.45) is 0.629. The Labute approximate surface area is 132 Å². The zero-order valence-electron chi connectivity index (χ0n) is 12.5. The predicted molar refractivity (Wildman–Crippen MR) is 90.5 cm³/mol. The van der Waals surface area contributed by atoms with Crippen molar-refractivity contribution < 1.29 is 4.79 Å². The molecule has 114 valence electrons. The fourth-order valence-corrected chi connectivity index (χ4v) is 3.31. The monoisotopic (exact) mass is 305 g/mol. The van der Waals surface area contributed by atoms with Crippen molar-refractivity contribution in [2.45, 2.75) is 6.42 Å². The maximum absolute atomic E-state index is 12.0. The molecule has 2 saturated heterocycles. The van der Waals surface area contributed by atoms with Crippen LogP contribution < -0.4 is 9.80 Å². The van der Waals surface area contributed by atoms with Crippen molar-refractivity contribution in [2.24, 2.45) is 5.92 Å². The maximum atomic E-state index is 12.0. The van der Waals surface area contributed by atoms with Gasteiger partial charge < -0.3 is 14.7 Å². The largest absolute Gasteiger partial charge is 0.369 e. The smallest absolute Gasteiger partial charge is 0.227 e. The lowest BCUT2D eigenvalue weighted by Crippen LogP contribution is -2.44. The third kappa shape index (κ3) is 3.19. The highest BCUT2D eigenvalue weighted by atomic mass is 32.1. The van der Waals surface area contributed by atoms with Crippen LogP contribution in [-0.2, 0) is 4.79 Å². The molecule has 0 aromatic heterocycles. The minimum absolute atomic E-state index is 0.224. The molecule has 0 bridgehead atoms. The number of carbonyl (C=O) groups is 1. The van der Waals surface area contributed by atoms with E-state index in [1.807, 2.05) is 4.90 Å². The summed E-state index contributed by atoms with van der Waals surface area (Å²) in [7, 11) is 2.16. The number of likely N-dealkylation sites (N-methyl/N-ethyl adjacent to an activating group) is 1. The molecule has 4 nitrogen and oxygen atoms in total. The molecule has 1 atom stereocenters. The molecular weight excluding hydrogens is 282 g/mol. The Hall–Kier alpha value is -1.20. The Morgan fingerprint density at radius 1 is 1.10 bits per heavy atom. The van der Waals surface area contributed by atoms with Gasteiger partial charge in [-0.3, -0.25) is 4.79 Å². The minimum atomic E-state index is 0.224. The Kier molecular flexibility index (Phi) is 4.40. The van der Waals surface area contributed by atoms with Crippen LogP contribution in [0.25, 0.3) is 0 Å². The molecule has 1 aromatic carbocycles. The second-order valence-corrected chi connectivity index (χ2v) is 6.43. The number of thiol groups is 1. The molecule has 3 rings (SSSR count). The van der Waals surface area contributed by atoms with Crippen molar-refractivity contribution in [1.82, 2.24) is 4.90 Å². The molecule has 0 saturated carbocycles. The summed E-state index contributed by atoms with van der Waals surface area (Å²) in [5.41, 5.74) is 2.27. The van der Waals surface area contributed by atoms with Crippen LogP contribution >= 0.6 is 12.6 Å². The lowest BCUT2D eigenvalue weighted by atomic mass is 10.1. The number of benzene rings is 1. The number of hydrogen-bond donors (Lipinski definition) is 1. The lowest BCUT2D eigenvalue weighted by Gasteiger charge is -2.34. The third-order valence-electron chi connectivity index (χ3n) is 4.49. The van der Waals surface area contributed by atoms with E-state index in [-0.39, 0.29) is 5.91 Å². The van der Waals surface area contributed by atoms with Gasteiger partial charge >= 0.3 is 0 Å². The van der Waals surface area contributed by atoms with Crippen LogP contribution in [0.5, 0.6) is 0 Å². The van der Waals surface area contributed by atoms with Gasteiger partial charge in [-0.25, -0.2) is 0 Å². The number of rotatable bonds is 3. The molecule has 0 radical (unpaired) electrons. The van der Waals surface area contributed by atoms with E-state index in [0.29, 0.717) is 12.3 Å². The quantitative estimate of drug-likeness (QED) is 0.862. The number of piperazine rings is 1. The van der Waals surface area contributed by atoms with E-state index in [1.165, 1.54) is 5.69 Å². The minimum Gasteiger partial charge on any atom is -0.369 e. The summed E-state index contributed by atoms with van der Waals surface area (Å²) >= 11 is 4.31. The van der Waals surface area contributed by atoms with Gasteiger partial charge in [0.05, 0.1) is 0 Å². The molecule has 0 spiro atoms. The van der Waals surface area contributed by atoms with Crippen molar-refractivity contribution in [3.8, 4) is 0 Å². The van der Waals surface area contributed by atoms with E-state index in [0.717, 1.165) is 44.2 Å². The molecule has 21 heavy (non-hydrogen) atoms. The number of carbonyl (C=O) groups excluding carboxylic acids is 1. The zero-order chi connectivity index (χ0) is 14.8. The Bertz CT molecular complexity index is 497. The summed E-state index contributed by atoms with van der Waals surface area (Å²) in [5, 5.41) is 0. The standard InChI is InChI=1S/C16H23N3OS/c1-17-6-8-18(9-7-17)14-2-4-15(5-3-14)19-11-13(12-21)10-16(19)20/h2-5,13,21H,6-12H2,1H3. The first-order chi connectivity index (χ1) is 10.2. The van der Waals surface area contributed by atoms with Crippen molar-refractivity contribution >= 4 is 29.9 Å². The molecule has 0 N–H and O–H groups in total. The average Bonchev–Trinajstić information content (AvgIpc) is 2.89. The first-order valence-electron chi connectivity index (χ1n) is 7.62. The summed E-state index contributed by atoms with van der Waals surface area (Å²) in [4.78, 5) is 18.7. The van der Waals surface area contributed by atoms with Gasteiger partial charge in [-0.05, 0) is 43.0 Å². The van der Waals surface area contributed by atoms with Crippen LogP contribution in [0.4, 0.5) is 11.4 Å². The fourth-order valence-electron chi connectivity index (χ4n) is 3.06. The highest BCUT2D eigenvalue weighted by Gasteiger charge is 2.29. The molecule has 2 aliphatic heterocycles. The van der Waals surface area contributed by atoms with Gasteiger partial charge in [0.2, 0.25) is 5.91 Å². The Morgan fingerprint density at radius 3 is 2.29 bits per heavy atom. The van der Waals surface area contributed by atoms with Crippen LogP contribution in [-0.4, -0.2) is 56.3 Å². The van der Waals surface area contributed by atoms with Gasteiger partial charge in [-0.15, -0.1) is 0 Å². The molecule has 1 aromatic rings. The second kappa shape index (κ2) is 6.28. The van der Waals surface area contributed by atoms with Gasteiger partial charge in [0, 0.05) is 50.5 Å². The van der Waals surface area contributed by atoms with Gasteiger partial charge in [0.25, 0.3) is 0 Å². The van der Waals surface area contributed by atoms with E-state index in [1.54, 1.807) is 0 Å². The topological polar surface area (TPSA) is 26.8 Å².